The van der Waals surface area contributed by atoms with E-state index in [0.29, 0.717) is 6.42 Å². The van der Waals surface area contributed by atoms with Gasteiger partial charge in [-0.15, -0.1) is 0 Å². The van der Waals surface area contributed by atoms with Gasteiger partial charge in [0.15, 0.2) is 0 Å². The zero-order chi connectivity index (χ0) is 11.8. The number of hydrogen-bond donors (Lipinski definition) is 1. The van der Waals surface area contributed by atoms with E-state index in [1.165, 1.54) is 12.1 Å². The monoisotopic (exact) mass is 233 g/mol. The van der Waals surface area contributed by atoms with Crippen LogP contribution >= 0.6 is 0 Å². The molecule has 0 unspecified atom stereocenters. The molecule has 88 valence electrons. The minimum Gasteiger partial charge on any atom is -0.316 e. The van der Waals surface area contributed by atoms with Crippen LogP contribution < -0.4 is 5.32 Å². The first-order valence-corrected chi connectivity index (χ1v) is 5.04. The topological polar surface area (TPSA) is 12.0 Å². The summed E-state index contributed by atoms with van der Waals surface area (Å²) in [4.78, 5) is 0. The van der Waals surface area contributed by atoms with Crippen LogP contribution in [-0.2, 0) is 12.6 Å². The summed E-state index contributed by atoms with van der Waals surface area (Å²) in [5.74, 6) is -0.875. The zero-order valence-electron chi connectivity index (χ0n) is 8.44. The zero-order valence-corrected chi connectivity index (χ0v) is 8.44. The van der Waals surface area contributed by atoms with E-state index in [0.717, 1.165) is 19.2 Å². The van der Waals surface area contributed by atoms with E-state index in [1.807, 2.05) is 0 Å². The maximum atomic E-state index is 13.5. The highest BCUT2D eigenvalue weighted by Crippen LogP contribution is 2.33. The van der Waals surface area contributed by atoms with Crippen molar-refractivity contribution in [2.24, 2.45) is 5.92 Å². The van der Waals surface area contributed by atoms with Gasteiger partial charge in [-0.2, -0.15) is 13.2 Å². The van der Waals surface area contributed by atoms with Crippen LogP contribution in [0.1, 0.15) is 11.1 Å². The van der Waals surface area contributed by atoms with Crippen LogP contribution in [0.5, 0.6) is 0 Å². The summed E-state index contributed by atoms with van der Waals surface area (Å²) >= 11 is 0. The molecule has 1 heterocycles. The molecule has 5 heteroatoms. The van der Waals surface area contributed by atoms with E-state index in [-0.39, 0.29) is 11.5 Å². The van der Waals surface area contributed by atoms with Crippen LogP contribution in [0, 0.1) is 11.7 Å². The van der Waals surface area contributed by atoms with Crippen molar-refractivity contribution in [3.05, 3.63) is 35.1 Å². The molecule has 1 aliphatic heterocycles. The van der Waals surface area contributed by atoms with Crippen molar-refractivity contribution in [1.29, 1.82) is 0 Å². The van der Waals surface area contributed by atoms with Gasteiger partial charge in [0, 0.05) is 0 Å². The summed E-state index contributed by atoms with van der Waals surface area (Å²) in [6.07, 6.45) is -4.25. The first-order valence-electron chi connectivity index (χ1n) is 5.04. The quantitative estimate of drug-likeness (QED) is 0.774. The van der Waals surface area contributed by atoms with E-state index < -0.39 is 17.6 Å². The third-order valence-electron chi connectivity index (χ3n) is 2.76. The van der Waals surface area contributed by atoms with Crippen LogP contribution in [0.2, 0.25) is 0 Å². The van der Waals surface area contributed by atoms with Gasteiger partial charge in [-0.25, -0.2) is 4.39 Å². The minimum absolute atomic E-state index is 0.154. The maximum absolute atomic E-state index is 13.5. The number of rotatable bonds is 2. The van der Waals surface area contributed by atoms with Gasteiger partial charge in [0.05, 0.1) is 5.56 Å². The van der Waals surface area contributed by atoms with Gasteiger partial charge < -0.3 is 5.32 Å². The van der Waals surface area contributed by atoms with Gasteiger partial charge in [0.1, 0.15) is 5.82 Å². The van der Waals surface area contributed by atoms with Crippen molar-refractivity contribution in [1.82, 2.24) is 5.32 Å². The van der Waals surface area contributed by atoms with Crippen molar-refractivity contribution >= 4 is 0 Å². The van der Waals surface area contributed by atoms with Gasteiger partial charge in [-0.1, -0.05) is 12.1 Å². The first-order chi connectivity index (χ1) is 7.48. The second-order valence-electron chi connectivity index (χ2n) is 4.00. The molecule has 1 N–H and O–H groups in total. The number of halogens is 4. The SMILES string of the molecule is Fc1c(CC2CNC2)cccc1C(F)(F)F. The second kappa shape index (κ2) is 4.05. The summed E-state index contributed by atoms with van der Waals surface area (Å²) in [7, 11) is 0. The van der Waals surface area contributed by atoms with Crippen molar-refractivity contribution < 1.29 is 17.6 Å². The molecule has 1 aromatic carbocycles. The standard InChI is InChI=1S/C11H11F4N/c12-10-8(4-7-5-16-6-7)2-1-3-9(10)11(13,14)15/h1-3,7,16H,4-6H2. The molecule has 2 rings (SSSR count). The fourth-order valence-corrected chi connectivity index (χ4v) is 1.76. The number of hydrogen-bond acceptors (Lipinski definition) is 1. The van der Waals surface area contributed by atoms with Crippen molar-refractivity contribution in [3.63, 3.8) is 0 Å². The van der Waals surface area contributed by atoms with Gasteiger partial charge >= 0.3 is 6.18 Å². The highest BCUT2D eigenvalue weighted by atomic mass is 19.4. The molecule has 0 radical (unpaired) electrons. The molecule has 0 atom stereocenters. The molecule has 1 fully saturated rings. The molecule has 0 bridgehead atoms. The van der Waals surface area contributed by atoms with Crippen LogP contribution in [0.3, 0.4) is 0 Å². The fourth-order valence-electron chi connectivity index (χ4n) is 1.76. The normalized spacial score (nSPS) is 17.2. The molecule has 0 spiro atoms. The van der Waals surface area contributed by atoms with Gasteiger partial charge in [0.25, 0.3) is 0 Å². The molecule has 1 aliphatic rings. The molecule has 0 aromatic heterocycles. The molecule has 0 aliphatic carbocycles. The average Bonchev–Trinajstić information content (AvgIpc) is 2.11. The maximum Gasteiger partial charge on any atom is 0.419 e. The van der Waals surface area contributed by atoms with Crippen molar-refractivity contribution in [3.8, 4) is 0 Å². The Balaban J connectivity index is 2.25. The van der Waals surface area contributed by atoms with Gasteiger partial charge in [-0.3, -0.25) is 0 Å². The Hall–Kier alpha value is -1.10. The lowest BCUT2D eigenvalue weighted by Crippen LogP contribution is -2.43. The highest BCUT2D eigenvalue weighted by Gasteiger charge is 2.35. The van der Waals surface area contributed by atoms with Crippen molar-refractivity contribution in [2.45, 2.75) is 12.6 Å². The molecule has 1 saturated heterocycles. The second-order valence-corrected chi connectivity index (χ2v) is 4.00. The van der Waals surface area contributed by atoms with Crippen LogP contribution in [0.25, 0.3) is 0 Å². The van der Waals surface area contributed by atoms with Gasteiger partial charge in [0.2, 0.25) is 0 Å². The number of nitrogens with one attached hydrogen (secondary N) is 1. The van der Waals surface area contributed by atoms with Crippen molar-refractivity contribution in [2.75, 3.05) is 13.1 Å². The molecule has 16 heavy (non-hydrogen) atoms. The van der Waals surface area contributed by atoms with Crippen LogP contribution in [0.15, 0.2) is 18.2 Å². The smallest absolute Gasteiger partial charge is 0.316 e. The average molecular weight is 233 g/mol. The Bertz CT molecular complexity index is 382. The third-order valence-corrected chi connectivity index (χ3v) is 2.76. The third kappa shape index (κ3) is 2.19. The minimum atomic E-state index is -4.61. The predicted octanol–water partition coefficient (Wildman–Crippen LogP) is 2.61. The molecule has 1 nitrogen and oxygen atoms in total. The molecule has 0 saturated carbocycles. The summed E-state index contributed by atoms with van der Waals surface area (Å²) in [5, 5.41) is 3.00. The molecule has 1 aromatic rings. The highest BCUT2D eigenvalue weighted by molar-refractivity contribution is 5.28. The summed E-state index contributed by atoms with van der Waals surface area (Å²) < 4.78 is 50.8. The summed E-state index contributed by atoms with van der Waals surface area (Å²) in [6, 6.07) is 3.45. The van der Waals surface area contributed by atoms with Gasteiger partial charge in [-0.05, 0) is 37.1 Å². The van der Waals surface area contributed by atoms with E-state index in [4.69, 9.17) is 0 Å². The van der Waals surface area contributed by atoms with E-state index in [1.54, 1.807) is 0 Å². The lowest BCUT2D eigenvalue weighted by molar-refractivity contribution is -0.140. The lowest BCUT2D eigenvalue weighted by Gasteiger charge is -2.27. The Morgan fingerprint density at radius 3 is 2.44 bits per heavy atom. The summed E-state index contributed by atoms with van der Waals surface area (Å²) in [5.41, 5.74) is -1.02. The van der Waals surface area contributed by atoms with Crippen LogP contribution in [0.4, 0.5) is 17.6 Å². The predicted molar refractivity (Wildman–Crippen MR) is 51.5 cm³/mol. The lowest BCUT2D eigenvalue weighted by atomic mass is 9.93. The largest absolute Gasteiger partial charge is 0.419 e. The summed E-state index contributed by atoms with van der Waals surface area (Å²) in [6.45, 7) is 1.49. The van der Waals surface area contributed by atoms with E-state index in [2.05, 4.69) is 5.32 Å². The van der Waals surface area contributed by atoms with E-state index in [9.17, 15) is 17.6 Å². The fraction of sp³-hybridized carbons (Fsp3) is 0.455. The molecule has 0 amide bonds. The number of alkyl halides is 3. The van der Waals surface area contributed by atoms with Crippen LogP contribution in [-0.4, -0.2) is 13.1 Å². The Morgan fingerprint density at radius 1 is 1.25 bits per heavy atom. The Labute approximate surface area is 90.5 Å². The molecular weight excluding hydrogens is 222 g/mol. The number of benzene rings is 1. The molecular formula is C11H11F4N. The Kier molecular flexibility index (Phi) is 2.88. The first kappa shape index (κ1) is 11.4. The Morgan fingerprint density at radius 2 is 1.94 bits per heavy atom. The van der Waals surface area contributed by atoms with E-state index >= 15 is 0 Å².